The number of ether oxygens (including phenoxy) is 2. The van der Waals surface area contributed by atoms with E-state index in [9.17, 15) is 4.79 Å². The molecule has 0 bridgehead atoms. The first-order chi connectivity index (χ1) is 16.2. The van der Waals surface area contributed by atoms with Crippen molar-refractivity contribution in [1.29, 1.82) is 0 Å². The van der Waals surface area contributed by atoms with E-state index in [0.717, 1.165) is 55.2 Å². The van der Waals surface area contributed by atoms with Gasteiger partial charge in [-0.25, -0.2) is 0 Å². The van der Waals surface area contributed by atoms with Crippen LogP contribution in [0.4, 0.5) is 0 Å². The molecule has 3 aromatic rings. The van der Waals surface area contributed by atoms with Crippen LogP contribution in [-0.4, -0.2) is 54.1 Å². The molecule has 2 aromatic carbocycles. The molecule has 0 aliphatic carbocycles. The highest BCUT2D eigenvalue weighted by Crippen LogP contribution is 2.26. The third kappa shape index (κ3) is 6.08. The number of aromatic nitrogens is 2. The summed E-state index contributed by atoms with van der Waals surface area (Å²) in [6, 6.07) is 17.3. The van der Waals surface area contributed by atoms with Gasteiger partial charge < -0.3 is 14.8 Å². The Balaban J connectivity index is 1.28. The highest BCUT2D eigenvalue weighted by molar-refractivity contribution is 5.79. The molecule has 1 unspecified atom stereocenters. The fourth-order valence-corrected chi connectivity index (χ4v) is 4.13. The molecular formula is C26H30N4O3. The number of hydrogen-bond acceptors (Lipinski definition) is 6. The van der Waals surface area contributed by atoms with E-state index in [-0.39, 0.29) is 17.9 Å². The average Bonchev–Trinajstić information content (AvgIpc) is 2.89. The second kappa shape index (κ2) is 11.4. The second-order valence-corrected chi connectivity index (χ2v) is 8.10. The fourth-order valence-electron chi connectivity index (χ4n) is 4.13. The molecule has 7 heteroatoms. The minimum atomic E-state index is -0.306. The SMILES string of the molecule is COc1ccccc1OCCN1CCC(C(=O)NC(c2ccccc2)c2cnccn2)CC1. The molecular weight excluding hydrogens is 416 g/mol. The maximum Gasteiger partial charge on any atom is 0.224 e. The number of para-hydroxylation sites is 2. The zero-order valence-corrected chi connectivity index (χ0v) is 18.9. The summed E-state index contributed by atoms with van der Waals surface area (Å²) < 4.78 is 11.2. The number of carbonyl (C=O) groups is 1. The monoisotopic (exact) mass is 446 g/mol. The van der Waals surface area contributed by atoms with Crippen molar-refractivity contribution in [1.82, 2.24) is 20.2 Å². The number of carbonyl (C=O) groups excluding carboxylic acids is 1. The first-order valence-electron chi connectivity index (χ1n) is 11.3. The Labute approximate surface area is 194 Å². The van der Waals surface area contributed by atoms with Crippen molar-refractivity contribution in [3.8, 4) is 11.5 Å². The minimum Gasteiger partial charge on any atom is -0.493 e. The number of rotatable bonds is 9. The summed E-state index contributed by atoms with van der Waals surface area (Å²) in [5, 5.41) is 3.21. The second-order valence-electron chi connectivity index (χ2n) is 8.10. The zero-order chi connectivity index (χ0) is 22.9. The van der Waals surface area contributed by atoms with Gasteiger partial charge in [0, 0.05) is 24.9 Å². The van der Waals surface area contributed by atoms with Gasteiger partial charge in [-0.2, -0.15) is 0 Å². The van der Waals surface area contributed by atoms with Gasteiger partial charge in [0.1, 0.15) is 6.61 Å². The summed E-state index contributed by atoms with van der Waals surface area (Å²) in [7, 11) is 1.64. The van der Waals surface area contributed by atoms with Crippen LogP contribution in [0.3, 0.4) is 0 Å². The molecule has 7 nitrogen and oxygen atoms in total. The van der Waals surface area contributed by atoms with Gasteiger partial charge in [0.2, 0.25) is 5.91 Å². The molecule has 1 aliphatic rings. The van der Waals surface area contributed by atoms with Crippen molar-refractivity contribution in [2.24, 2.45) is 5.92 Å². The zero-order valence-electron chi connectivity index (χ0n) is 18.9. The van der Waals surface area contributed by atoms with Crippen LogP contribution in [0, 0.1) is 5.92 Å². The topological polar surface area (TPSA) is 76.6 Å². The highest BCUT2D eigenvalue weighted by Gasteiger charge is 2.28. The van der Waals surface area contributed by atoms with E-state index in [0.29, 0.717) is 6.61 Å². The Kier molecular flexibility index (Phi) is 7.87. The number of nitrogens with one attached hydrogen (secondary N) is 1. The third-order valence-corrected chi connectivity index (χ3v) is 5.99. The quantitative estimate of drug-likeness (QED) is 0.542. The van der Waals surface area contributed by atoms with E-state index >= 15 is 0 Å². The molecule has 1 N–H and O–H groups in total. The van der Waals surface area contributed by atoms with E-state index in [1.807, 2.05) is 54.6 Å². The van der Waals surface area contributed by atoms with E-state index in [1.54, 1.807) is 25.7 Å². The lowest BCUT2D eigenvalue weighted by atomic mass is 9.94. The Hall–Kier alpha value is -3.45. The summed E-state index contributed by atoms with van der Waals surface area (Å²) in [6.45, 7) is 3.14. The minimum absolute atomic E-state index is 0.0146. The van der Waals surface area contributed by atoms with Crippen LogP contribution >= 0.6 is 0 Å². The van der Waals surface area contributed by atoms with Crippen molar-refractivity contribution < 1.29 is 14.3 Å². The van der Waals surface area contributed by atoms with Crippen LogP contribution in [0.25, 0.3) is 0 Å². The number of nitrogens with zero attached hydrogens (tertiary/aromatic N) is 3. The molecule has 1 aromatic heterocycles. The number of benzene rings is 2. The van der Waals surface area contributed by atoms with E-state index in [2.05, 4.69) is 20.2 Å². The van der Waals surface area contributed by atoms with Crippen LogP contribution < -0.4 is 14.8 Å². The molecule has 0 radical (unpaired) electrons. The summed E-state index contributed by atoms with van der Waals surface area (Å²) in [5.74, 6) is 1.55. The van der Waals surface area contributed by atoms with Crippen LogP contribution in [0.5, 0.6) is 11.5 Å². The predicted molar refractivity (Wildman–Crippen MR) is 126 cm³/mol. The first kappa shape index (κ1) is 22.7. The smallest absolute Gasteiger partial charge is 0.224 e. The van der Waals surface area contributed by atoms with Gasteiger partial charge in [-0.15, -0.1) is 0 Å². The van der Waals surface area contributed by atoms with E-state index < -0.39 is 0 Å². The molecule has 2 heterocycles. The summed E-state index contributed by atoms with van der Waals surface area (Å²) in [4.78, 5) is 24.1. The third-order valence-electron chi connectivity index (χ3n) is 5.99. The van der Waals surface area contributed by atoms with Crippen LogP contribution in [0.2, 0.25) is 0 Å². The predicted octanol–water partition coefficient (Wildman–Crippen LogP) is 3.48. The van der Waals surface area contributed by atoms with Gasteiger partial charge in [-0.05, 0) is 43.6 Å². The lowest BCUT2D eigenvalue weighted by Crippen LogP contribution is -2.43. The molecule has 33 heavy (non-hydrogen) atoms. The Morgan fingerprint density at radius 1 is 1.06 bits per heavy atom. The van der Waals surface area contributed by atoms with Crippen molar-refractivity contribution in [2.75, 3.05) is 33.4 Å². The Morgan fingerprint density at radius 3 is 2.48 bits per heavy atom. The molecule has 1 aliphatic heterocycles. The molecule has 1 saturated heterocycles. The highest BCUT2D eigenvalue weighted by atomic mass is 16.5. The van der Waals surface area contributed by atoms with Crippen LogP contribution in [0.1, 0.15) is 30.1 Å². The van der Waals surface area contributed by atoms with Crippen molar-refractivity contribution in [2.45, 2.75) is 18.9 Å². The number of likely N-dealkylation sites (tertiary alicyclic amines) is 1. The molecule has 1 fully saturated rings. The summed E-state index contributed by atoms with van der Waals surface area (Å²) >= 11 is 0. The maximum atomic E-state index is 13.1. The number of amides is 1. The van der Waals surface area contributed by atoms with E-state index in [1.165, 1.54) is 0 Å². The van der Waals surface area contributed by atoms with Crippen molar-refractivity contribution >= 4 is 5.91 Å². The molecule has 0 saturated carbocycles. The number of piperidine rings is 1. The molecule has 172 valence electrons. The number of methoxy groups -OCH3 is 1. The Morgan fingerprint density at radius 2 is 1.79 bits per heavy atom. The van der Waals surface area contributed by atoms with Gasteiger partial charge in [0.15, 0.2) is 11.5 Å². The number of hydrogen-bond donors (Lipinski definition) is 1. The van der Waals surface area contributed by atoms with Gasteiger partial charge in [-0.1, -0.05) is 42.5 Å². The molecule has 0 spiro atoms. The van der Waals surface area contributed by atoms with Crippen molar-refractivity contribution in [3.05, 3.63) is 84.4 Å². The summed E-state index contributed by atoms with van der Waals surface area (Å²) in [5.41, 5.74) is 1.74. The standard InChI is InChI=1S/C26H30N4O3/c1-32-23-9-5-6-10-24(23)33-18-17-30-15-11-21(12-16-30)26(31)29-25(20-7-3-2-4-8-20)22-19-27-13-14-28-22/h2-10,13-14,19,21,25H,11-12,15-18H2,1H3,(H,29,31). The largest absolute Gasteiger partial charge is 0.493 e. The van der Waals surface area contributed by atoms with Crippen molar-refractivity contribution in [3.63, 3.8) is 0 Å². The molecule has 1 atom stereocenters. The van der Waals surface area contributed by atoms with E-state index in [4.69, 9.17) is 9.47 Å². The molecule has 4 rings (SSSR count). The van der Waals surface area contributed by atoms with Crippen LogP contribution in [0.15, 0.2) is 73.2 Å². The average molecular weight is 447 g/mol. The first-order valence-corrected chi connectivity index (χ1v) is 11.3. The van der Waals surface area contributed by atoms with Gasteiger partial charge in [0.05, 0.1) is 25.0 Å². The normalized spacial score (nSPS) is 15.5. The lowest BCUT2D eigenvalue weighted by molar-refractivity contribution is -0.127. The molecule has 1 amide bonds. The fraction of sp³-hybridized carbons (Fsp3) is 0.346. The maximum absolute atomic E-state index is 13.1. The summed E-state index contributed by atoms with van der Waals surface area (Å²) in [6.07, 6.45) is 6.65. The van der Waals surface area contributed by atoms with Gasteiger partial charge in [-0.3, -0.25) is 19.7 Å². The van der Waals surface area contributed by atoms with Gasteiger partial charge >= 0.3 is 0 Å². The van der Waals surface area contributed by atoms with Gasteiger partial charge in [0.25, 0.3) is 0 Å². The Bertz CT molecular complexity index is 969. The lowest BCUT2D eigenvalue weighted by Gasteiger charge is -2.32. The van der Waals surface area contributed by atoms with Crippen LogP contribution in [-0.2, 0) is 4.79 Å².